The van der Waals surface area contributed by atoms with Crippen LogP contribution in [0.2, 0.25) is 0 Å². The van der Waals surface area contributed by atoms with Crippen molar-refractivity contribution in [3.05, 3.63) is 174 Å². The normalized spacial score (nSPS) is 12.3. The average Bonchev–Trinajstić information content (AvgIpc) is 1.77. The highest BCUT2D eigenvalue weighted by Crippen LogP contribution is 2.44. The summed E-state index contributed by atoms with van der Waals surface area (Å²) in [6.07, 6.45) is 5.24. The lowest BCUT2D eigenvalue weighted by atomic mass is 9.90. The van der Waals surface area contributed by atoms with Crippen LogP contribution in [0.25, 0.3) is 23.3 Å². The molecule has 32 nitrogen and oxygen atoms in total. The predicted molar refractivity (Wildman–Crippen MR) is 382 cm³/mol. The number of benzene rings is 4. The Morgan fingerprint density at radius 2 is 0.913 bits per heavy atom. The highest BCUT2D eigenvalue weighted by Gasteiger charge is 2.32. The van der Waals surface area contributed by atoms with Crippen LogP contribution < -0.4 is 77.5 Å². The molecule has 0 spiro atoms. The van der Waals surface area contributed by atoms with E-state index in [4.69, 9.17) is 56.1 Å². The highest BCUT2D eigenvalue weighted by atomic mass is 19.4. The maximum Gasteiger partial charge on any atom is 0.416 e. The van der Waals surface area contributed by atoms with Crippen molar-refractivity contribution in [2.75, 3.05) is 118 Å². The van der Waals surface area contributed by atoms with Crippen molar-refractivity contribution in [3.63, 3.8) is 0 Å². The quantitative estimate of drug-likeness (QED) is 0.0373. The van der Waals surface area contributed by atoms with Gasteiger partial charge in [0.1, 0.15) is 17.2 Å². The minimum absolute atomic E-state index is 0.0674. The van der Waals surface area contributed by atoms with Gasteiger partial charge in [-0.1, -0.05) is 30.3 Å². The van der Waals surface area contributed by atoms with Crippen LogP contribution in [-0.4, -0.2) is 148 Å². The van der Waals surface area contributed by atoms with Crippen LogP contribution in [0.5, 0.6) is 34.5 Å². The van der Waals surface area contributed by atoms with E-state index in [0.29, 0.717) is 87.1 Å². The number of alkyl halides is 3. The summed E-state index contributed by atoms with van der Waals surface area (Å²) < 4.78 is 82.1. The number of halogens is 3. The molecule has 8 aromatic heterocycles. The number of aryl methyl sites for hydroxylation is 2. The zero-order valence-electron chi connectivity index (χ0n) is 57.0. The van der Waals surface area contributed by atoms with E-state index in [1.54, 1.807) is 69.2 Å². The second-order valence-corrected chi connectivity index (χ2v) is 22.3. The topological polar surface area (TPSA) is 394 Å². The Morgan fingerprint density at radius 3 is 1.40 bits per heavy atom. The fourth-order valence-corrected chi connectivity index (χ4v) is 10.8. The molecule has 1 aliphatic heterocycles. The maximum atomic E-state index is 13.1. The van der Waals surface area contributed by atoms with Gasteiger partial charge in [0.15, 0.2) is 34.8 Å². The summed E-state index contributed by atoms with van der Waals surface area (Å²) in [5.41, 5.74) is 29.9. The van der Waals surface area contributed by atoms with Gasteiger partial charge in [-0.15, -0.1) is 20.4 Å². The van der Waals surface area contributed by atoms with E-state index in [1.165, 1.54) is 73.4 Å². The molecule has 4 aromatic carbocycles. The summed E-state index contributed by atoms with van der Waals surface area (Å²) in [6.45, 7) is 4.64. The molecule has 534 valence electrons. The zero-order valence-corrected chi connectivity index (χ0v) is 57.0. The van der Waals surface area contributed by atoms with Crippen LogP contribution in [0.4, 0.5) is 89.2 Å². The molecule has 35 heteroatoms. The minimum atomic E-state index is -4.52. The number of nitrogens with zero attached hydrogens (tertiary/aromatic N) is 17. The molecule has 0 radical (unpaired) electrons. The Kier molecular flexibility index (Phi) is 22.5. The molecule has 12 N–H and O–H groups in total. The first kappa shape index (κ1) is 71.1. The van der Waals surface area contributed by atoms with Gasteiger partial charge in [-0.3, -0.25) is 0 Å². The largest absolute Gasteiger partial charge is 0.497 e. The Balaban J connectivity index is 0.000000138. The number of nitrogen functional groups attached to an aromatic ring is 4. The molecule has 0 bridgehead atoms. The number of rotatable bonds is 19. The first-order valence-electron chi connectivity index (χ1n) is 31.9. The molecule has 0 amide bonds. The van der Waals surface area contributed by atoms with Gasteiger partial charge >= 0.3 is 6.18 Å². The van der Waals surface area contributed by atoms with Crippen molar-refractivity contribution in [3.8, 4) is 57.8 Å². The van der Waals surface area contributed by atoms with Gasteiger partial charge in [0.05, 0.1) is 78.5 Å². The minimum Gasteiger partial charge on any atom is -0.497 e. The molecule has 14 rings (SSSR count). The Labute approximate surface area is 588 Å². The predicted octanol–water partition coefficient (Wildman–Crippen LogP) is 10.0. The number of nitrogens with one attached hydrogen (secondary N) is 4. The molecule has 9 heterocycles. The summed E-state index contributed by atoms with van der Waals surface area (Å²) in [5.74, 6) is 6.85. The number of morpholine rings is 1. The summed E-state index contributed by atoms with van der Waals surface area (Å²) in [5, 5.41) is 29.7. The number of hydrogen-bond acceptors (Lipinski definition) is 28. The standard InChI is InChI=1S/C18H21N7O2.C17H17F3N6O2.C17H18N6.C16H18N6O3/c1-26-15-12-13(24-8-10-27-11-9-24)5-6-14(15)21-18-22-17(19)25(23-18)16-4-2-3-7-20-16;1-9-6-10(17(18,19)20)7-14(22-9)26-15(21)24-16(25-26)23-12-5-4-11(27-2)8-13(12)28-3;18-16-21-17(22-23(16)15-10-3-4-11-19-15)20-14-9-5-7-12-6-1-2-8-13(12)14;1-23-11-8-7-10(13(24-2)14(11)25-3)19-16-20-15(17)22(21-16)12-6-4-5-9-18-12/h2-7,12H,8-11H2,1H3,(H3,19,21,22,23);4-8H,1-3H3,(H3,21,23,24,25);3-5,7,9-11H,1-2,6,8H2,(H3,18,20,21,22);4-9H,1-3H3,(H3,17,19,20,21). The van der Waals surface area contributed by atoms with E-state index in [2.05, 4.69) is 105 Å². The number of ether oxygens (including phenoxy) is 7. The molecule has 1 aliphatic carbocycles. The van der Waals surface area contributed by atoms with Crippen molar-refractivity contribution in [1.29, 1.82) is 0 Å². The molecule has 1 fully saturated rings. The highest BCUT2D eigenvalue weighted by molar-refractivity contribution is 5.72. The molecule has 1 saturated heterocycles. The third-order valence-electron chi connectivity index (χ3n) is 15.7. The molecule has 0 atom stereocenters. The number of fused-ring (bicyclic) bond motifs is 1. The van der Waals surface area contributed by atoms with Crippen molar-refractivity contribution in [1.82, 2.24) is 79.0 Å². The smallest absolute Gasteiger partial charge is 0.416 e. The van der Waals surface area contributed by atoms with Crippen molar-refractivity contribution in [2.24, 2.45) is 0 Å². The third kappa shape index (κ3) is 17.3. The van der Waals surface area contributed by atoms with E-state index in [9.17, 15) is 13.2 Å². The molecular formula is C68H74F3N25O7. The van der Waals surface area contributed by atoms with Gasteiger partial charge < -0.3 is 82.3 Å². The van der Waals surface area contributed by atoms with Crippen molar-refractivity contribution < 1.29 is 46.3 Å². The summed E-state index contributed by atoms with van der Waals surface area (Å²) in [6, 6.07) is 39.2. The third-order valence-corrected chi connectivity index (χ3v) is 15.7. The summed E-state index contributed by atoms with van der Waals surface area (Å²) in [4.78, 5) is 35.8. The molecular weight excluding hydrogens is 1340 g/mol. The van der Waals surface area contributed by atoms with Gasteiger partial charge in [0.25, 0.3) is 0 Å². The molecule has 0 unspecified atom stereocenters. The Morgan fingerprint density at radius 1 is 0.437 bits per heavy atom. The lowest BCUT2D eigenvalue weighted by Crippen LogP contribution is -2.36. The second-order valence-electron chi connectivity index (χ2n) is 22.3. The number of anilines is 13. The number of hydrogen-bond donors (Lipinski definition) is 8. The average molecular weight is 1410 g/mol. The van der Waals surface area contributed by atoms with Gasteiger partial charge in [-0.05, 0) is 135 Å². The van der Waals surface area contributed by atoms with Crippen LogP contribution in [0.15, 0.2) is 152 Å². The van der Waals surface area contributed by atoms with E-state index in [-0.39, 0.29) is 35.3 Å². The number of pyridine rings is 4. The second kappa shape index (κ2) is 32.6. The number of methoxy groups -OCH3 is 6. The summed E-state index contributed by atoms with van der Waals surface area (Å²) in [7, 11) is 9.28. The van der Waals surface area contributed by atoms with Crippen LogP contribution in [0.3, 0.4) is 0 Å². The van der Waals surface area contributed by atoms with Crippen LogP contribution in [-0.2, 0) is 23.8 Å². The molecule has 103 heavy (non-hydrogen) atoms. The number of aromatic nitrogens is 16. The lowest BCUT2D eigenvalue weighted by Gasteiger charge is -2.29. The SMILES string of the molecule is COc1cc(N2CCOCC2)ccc1Nc1nc(N)n(-c2ccccn2)n1.COc1ccc(Nc2nc(N)n(-c3cc(C(F)(F)F)cc(C)n3)n2)c(OC)c1.COc1ccc(Nc2nc(N)n(-c3ccccn3)n2)c(OC)c1OC.Nc1nc(Nc2cccc3c2CCCC3)nn1-c1ccccn1. The van der Waals surface area contributed by atoms with Crippen molar-refractivity contribution in [2.45, 2.75) is 38.8 Å². The molecule has 0 saturated carbocycles. The van der Waals surface area contributed by atoms with Crippen LogP contribution in [0, 0.1) is 6.92 Å². The molecule has 2 aliphatic rings. The fourth-order valence-electron chi connectivity index (χ4n) is 10.8. The lowest BCUT2D eigenvalue weighted by molar-refractivity contribution is -0.137. The van der Waals surface area contributed by atoms with Crippen molar-refractivity contribution >= 4 is 76.0 Å². The van der Waals surface area contributed by atoms with E-state index in [0.717, 1.165) is 73.0 Å². The zero-order chi connectivity index (χ0) is 72.6. The van der Waals surface area contributed by atoms with E-state index < -0.39 is 11.7 Å². The van der Waals surface area contributed by atoms with Gasteiger partial charge in [0, 0.05) is 60.9 Å². The number of nitrogens with two attached hydrogens (primary N) is 4. The maximum absolute atomic E-state index is 13.1. The Bertz CT molecular complexity index is 4810. The molecule has 12 aromatic rings. The summed E-state index contributed by atoms with van der Waals surface area (Å²) >= 11 is 0. The van der Waals surface area contributed by atoms with E-state index in [1.807, 2.05) is 66.7 Å². The van der Waals surface area contributed by atoms with E-state index >= 15 is 0 Å². The van der Waals surface area contributed by atoms with Gasteiger partial charge in [-0.25, -0.2) is 19.9 Å². The first-order valence-corrected chi connectivity index (χ1v) is 31.9. The Hall–Kier alpha value is -13.2. The monoisotopic (exact) mass is 1410 g/mol. The first-order chi connectivity index (χ1) is 49.9. The van der Waals surface area contributed by atoms with Gasteiger partial charge in [-0.2, -0.15) is 51.8 Å². The van der Waals surface area contributed by atoms with Crippen LogP contribution in [0.1, 0.15) is 35.2 Å². The van der Waals surface area contributed by atoms with Gasteiger partial charge in [0.2, 0.25) is 53.3 Å². The van der Waals surface area contributed by atoms with Crippen LogP contribution >= 0.6 is 0 Å². The fraction of sp³-hybridized carbons (Fsp3) is 0.235.